The second-order valence-corrected chi connectivity index (χ2v) is 10.2. The smallest absolute Gasteiger partial charge is 0.315 e. The topological polar surface area (TPSA) is 60.1 Å². The molecular weight excluding hydrogens is 414 g/mol. The van der Waals surface area contributed by atoms with Crippen LogP contribution in [0.25, 0.3) is 0 Å². The fourth-order valence-corrected chi connectivity index (χ4v) is 5.06. The van der Waals surface area contributed by atoms with Crippen LogP contribution in [0.3, 0.4) is 0 Å². The number of rotatable bonds is 10. The number of morpholine rings is 1. The van der Waals surface area contributed by atoms with Gasteiger partial charge in [-0.3, -0.25) is 4.90 Å². The molecule has 2 aliphatic heterocycles. The van der Waals surface area contributed by atoms with Crippen molar-refractivity contribution < 1.29 is 9.53 Å². The molecule has 33 heavy (non-hydrogen) atoms. The number of amides is 2. The molecule has 7 heteroatoms. The van der Waals surface area contributed by atoms with Crippen LogP contribution in [0.1, 0.15) is 44.7 Å². The van der Waals surface area contributed by atoms with Crippen molar-refractivity contribution in [1.29, 1.82) is 0 Å². The van der Waals surface area contributed by atoms with Crippen molar-refractivity contribution >= 4 is 6.03 Å². The van der Waals surface area contributed by atoms with Gasteiger partial charge in [-0.2, -0.15) is 0 Å². The quantitative estimate of drug-likeness (QED) is 0.564. The number of piperidine rings is 1. The number of hydrogen-bond acceptors (Lipinski definition) is 5. The maximum absolute atomic E-state index is 13.0. The van der Waals surface area contributed by atoms with E-state index in [2.05, 4.69) is 77.5 Å². The maximum Gasteiger partial charge on any atom is 0.315 e. The molecule has 0 bridgehead atoms. The van der Waals surface area contributed by atoms with E-state index in [1.165, 1.54) is 12.8 Å². The Morgan fingerprint density at radius 3 is 2.42 bits per heavy atom. The minimum atomic E-state index is -0.0809. The lowest BCUT2D eigenvalue weighted by Crippen LogP contribution is -2.51. The Hall–Kier alpha value is -1.67. The average Bonchev–Trinajstić information content (AvgIpc) is 2.82. The maximum atomic E-state index is 13.0. The molecule has 0 aliphatic carbocycles. The van der Waals surface area contributed by atoms with Gasteiger partial charge >= 0.3 is 6.03 Å². The molecule has 1 aromatic rings. The number of hydrogen-bond donors (Lipinski definition) is 2. The summed E-state index contributed by atoms with van der Waals surface area (Å²) in [5, 5.41) is 6.46. The third-order valence-electron chi connectivity index (χ3n) is 7.09. The lowest BCUT2D eigenvalue weighted by molar-refractivity contribution is 0.0129. The number of likely N-dealkylation sites (tertiary alicyclic amines) is 1. The second kappa shape index (κ2) is 13.3. The van der Waals surface area contributed by atoms with Crippen LogP contribution in [-0.4, -0.2) is 99.4 Å². The zero-order chi connectivity index (χ0) is 23.6. The number of ether oxygens (including phenoxy) is 1. The molecule has 2 fully saturated rings. The number of carbonyl (C=O) groups excluding carboxylic acids is 1. The molecule has 2 N–H and O–H groups in total. The van der Waals surface area contributed by atoms with Crippen LogP contribution in [0.4, 0.5) is 4.79 Å². The van der Waals surface area contributed by atoms with Crippen molar-refractivity contribution in [1.82, 2.24) is 25.3 Å². The summed E-state index contributed by atoms with van der Waals surface area (Å²) in [5.41, 5.74) is 1.15. The second-order valence-electron chi connectivity index (χ2n) is 10.2. The van der Waals surface area contributed by atoms with Gasteiger partial charge in [0.1, 0.15) is 0 Å². The highest BCUT2D eigenvalue weighted by Crippen LogP contribution is 2.20. The Labute approximate surface area is 200 Å². The van der Waals surface area contributed by atoms with E-state index >= 15 is 0 Å². The number of carbonyl (C=O) groups is 1. The van der Waals surface area contributed by atoms with Crippen LogP contribution in [0, 0.1) is 5.92 Å². The fourth-order valence-electron chi connectivity index (χ4n) is 5.06. The van der Waals surface area contributed by atoms with Gasteiger partial charge in [-0.05, 0) is 57.9 Å². The normalized spacial score (nSPS) is 20.7. The predicted molar refractivity (Wildman–Crippen MR) is 135 cm³/mol. The van der Waals surface area contributed by atoms with E-state index < -0.39 is 0 Å². The van der Waals surface area contributed by atoms with Crippen molar-refractivity contribution in [2.24, 2.45) is 5.92 Å². The number of likely N-dealkylation sites (N-methyl/N-ethyl adjacent to an activating group) is 1. The Balaban J connectivity index is 1.58. The van der Waals surface area contributed by atoms with Gasteiger partial charge in [0.05, 0.1) is 19.3 Å². The average molecular weight is 460 g/mol. The number of nitrogens with one attached hydrogen (secondary N) is 2. The molecule has 2 heterocycles. The SMILES string of the molecule is CC(C)C[C@@H](CNC(=O)N[C@H](CN(C)C1CCN(C)CC1)c1ccccc1)N1CCOCC1. The molecule has 186 valence electrons. The molecule has 0 aromatic heterocycles. The molecule has 3 rings (SSSR count). The number of urea groups is 1. The summed E-state index contributed by atoms with van der Waals surface area (Å²) in [6.45, 7) is 11.7. The minimum absolute atomic E-state index is 0.0391. The Morgan fingerprint density at radius 1 is 1.12 bits per heavy atom. The zero-order valence-electron chi connectivity index (χ0n) is 21.1. The van der Waals surface area contributed by atoms with E-state index in [0.717, 1.165) is 57.9 Å². The summed E-state index contributed by atoms with van der Waals surface area (Å²) >= 11 is 0. The summed E-state index contributed by atoms with van der Waals surface area (Å²) in [6, 6.07) is 11.1. The van der Waals surface area contributed by atoms with E-state index in [0.29, 0.717) is 24.5 Å². The predicted octanol–water partition coefficient (Wildman–Crippen LogP) is 2.80. The van der Waals surface area contributed by atoms with Crippen molar-refractivity contribution in [2.45, 2.75) is 51.2 Å². The van der Waals surface area contributed by atoms with Gasteiger partial charge in [0.2, 0.25) is 0 Å². The van der Waals surface area contributed by atoms with Crippen molar-refractivity contribution in [3.8, 4) is 0 Å². The third kappa shape index (κ3) is 8.56. The molecule has 2 aliphatic rings. The zero-order valence-corrected chi connectivity index (χ0v) is 21.1. The highest BCUT2D eigenvalue weighted by Gasteiger charge is 2.26. The molecule has 0 unspecified atom stereocenters. The lowest BCUT2D eigenvalue weighted by Gasteiger charge is -2.37. The molecule has 0 spiro atoms. The van der Waals surface area contributed by atoms with Crippen molar-refractivity contribution in [2.75, 3.05) is 66.6 Å². The molecule has 0 radical (unpaired) electrons. The highest BCUT2D eigenvalue weighted by molar-refractivity contribution is 5.74. The largest absolute Gasteiger partial charge is 0.379 e. The molecular formula is C26H45N5O2. The molecule has 2 saturated heterocycles. The van der Waals surface area contributed by atoms with Gasteiger partial charge in [0.15, 0.2) is 0 Å². The molecule has 0 saturated carbocycles. The van der Waals surface area contributed by atoms with Crippen LogP contribution >= 0.6 is 0 Å². The van der Waals surface area contributed by atoms with E-state index in [9.17, 15) is 4.79 Å². The van der Waals surface area contributed by atoms with Gasteiger partial charge in [0, 0.05) is 38.3 Å². The summed E-state index contributed by atoms with van der Waals surface area (Å²) in [6.07, 6.45) is 3.43. The number of benzene rings is 1. The summed E-state index contributed by atoms with van der Waals surface area (Å²) in [5.74, 6) is 0.586. The van der Waals surface area contributed by atoms with E-state index in [4.69, 9.17) is 4.74 Å². The standard InChI is InChI=1S/C26H45N5O2/c1-21(2)18-24(31-14-16-33-17-15-31)19-27-26(32)28-25(22-8-6-5-7-9-22)20-30(4)23-10-12-29(3)13-11-23/h5-9,21,23-25H,10-20H2,1-4H3,(H2,27,28,32)/t24-,25+/m0/s1. The van der Waals surface area contributed by atoms with Gasteiger partial charge < -0.3 is 25.2 Å². The molecule has 1 aromatic carbocycles. The Bertz CT molecular complexity index is 687. The van der Waals surface area contributed by atoms with E-state index in [1.807, 2.05) is 6.07 Å². The van der Waals surface area contributed by atoms with Crippen LogP contribution in [0.5, 0.6) is 0 Å². The third-order valence-corrected chi connectivity index (χ3v) is 7.09. The van der Waals surface area contributed by atoms with E-state index in [1.54, 1.807) is 0 Å². The number of nitrogens with zero attached hydrogens (tertiary/aromatic N) is 3. The van der Waals surface area contributed by atoms with E-state index in [-0.39, 0.29) is 12.1 Å². The molecule has 2 amide bonds. The first-order valence-corrected chi connectivity index (χ1v) is 12.7. The summed E-state index contributed by atoms with van der Waals surface area (Å²) < 4.78 is 5.53. The summed E-state index contributed by atoms with van der Waals surface area (Å²) in [4.78, 5) is 20.3. The van der Waals surface area contributed by atoms with Crippen molar-refractivity contribution in [3.05, 3.63) is 35.9 Å². The Kier molecular flexibility index (Phi) is 10.4. The fraction of sp³-hybridized carbons (Fsp3) is 0.731. The highest BCUT2D eigenvalue weighted by atomic mass is 16.5. The molecule has 7 nitrogen and oxygen atoms in total. The van der Waals surface area contributed by atoms with Crippen LogP contribution in [0.15, 0.2) is 30.3 Å². The first-order valence-electron chi connectivity index (χ1n) is 12.7. The minimum Gasteiger partial charge on any atom is -0.379 e. The van der Waals surface area contributed by atoms with Gasteiger partial charge in [-0.1, -0.05) is 44.2 Å². The Morgan fingerprint density at radius 2 is 1.79 bits per heavy atom. The first-order chi connectivity index (χ1) is 15.9. The first kappa shape index (κ1) is 25.9. The molecule has 2 atom stereocenters. The van der Waals surface area contributed by atoms with Gasteiger partial charge in [0.25, 0.3) is 0 Å². The van der Waals surface area contributed by atoms with Crippen molar-refractivity contribution in [3.63, 3.8) is 0 Å². The van der Waals surface area contributed by atoms with Gasteiger partial charge in [-0.15, -0.1) is 0 Å². The van der Waals surface area contributed by atoms with Crippen LogP contribution < -0.4 is 10.6 Å². The van der Waals surface area contributed by atoms with Crippen LogP contribution in [-0.2, 0) is 4.74 Å². The van der Waals surface area contributed by atoms with Crippen LogP contribution in [0.2, 0.25) is 0 Å². The lowest BCUT2D eigenvalue weighted by atomic mass is 10.0. The van der Waals surface area contributed by atoms with Gasteiger partial charge in [-0.25, -0.2) is 4.79 Å². The summed E-state index contributed by atoms with van der Waals surface area (Å²) in [7, 11) is 4.39. The monoisotopic (exact) mass is 459 g/mol.